The van der Waals surface area contributed by atoms with Crippen LogP contribution in [-0.2, 0) is 0 Å². The molecule has 1 aliphatic heterocycles. The van der Waals surface area contributed by atoms with E-state index in [0.29, 0.717) is 6.04 Å². The van der Waals surface area contributed by atoms with Crippen LogP contribution in [0.3, 0.4) is 0 Å². The van der Waals surface area contributed by atoms with Gasteiger partial charge in [-0.2, -0.15) is 0 Å². The summed E-state index contributed by atoms with van der Waals surface area (Å²) in [5, 5.41) is 3.42. The molecule has 3 heteroatoms. The molecule has 19 heavy (non-hydrogen) atoms. The standard InChI is InChI=1S/C16H24N2O/c1-17-13-7-9-14(10-8-13)18-11-4-12-19-16-6-3-2-5-15(16)18/h2-3,5-6,13-14,17H,4,7-12H2,1H3. The maximum Gasteiger partial charge on any atom is 0.142 e. The summed E-state index contributed by atoms with van der Waals surface area (Å²) in [5.41, 5.74) is 1.30. The highest BCUT2D eigenvalue weighted by molar-refractivity contribution is 5.59. The van der Waals surface area contributed by atoms with Crippen molar-refractivity contribution in [3.8, 4) is 5.75 Å². The lowest BCUT2D eigenvalue weighted by Gasteiger charge is -2.38. The van der Waals surface area contributed by atoms with Crippen molar-refractivity contribution in [3.05, 3.63) is 24.3 Å². The smallest absolute Gasteiger partial charge is 0.142 e. The Kier molecular flexibility index (Phi) is 3.92. The molecular formula is C16H24N2O. The highest BCUT2D eigenvalue weighted by Gasteiger charge is 2.27. The maximum absolute atomic E-state index is 5.86. The number of ether oxygens (including phenoxy) is 1. The minimum absolute atomic E-state index is 0.687. The molecule has 3 nitrogen and oxygen atoms in total. The molecule has 104 valence electrons. The third kappa shape index (κ3) is 2.71. The Morgan fingerprint density at radius 2 is 1.95 bits per heavy atom. The largest absolute Gasteiger partial charge is 0.491 e. The summed E-state index contributed by atoms with van der Waals surface area (Å²) in [6.45, 7) is 1.98. The molecule has 0 unspecified atom stereocenters. The lowest BCUT2D eigenvalue weighted by Crippen LogP contribution is -2.42. The second-order valence-electron chi connectivity index (χ2n) is 5.66. The fourth-order valence-electron chi connectivity index (χ4n) is 3.41. The van der Waals surface area contributed by atoms with Crippen LogP contribution in [0.2, 0.25) is 0 Å². The monoisotopic (exact) mass is 260 g/mol. The molecule has 1 saturated carbocycles. The molecule has 1 N–H and O–H groups in total. The minimum atomic E-state index is 0.687. The molecule has 1 heterocycles. The quantitative estimate of drug-likeness (QED) is 0.885. The van der Waals surface area contributed by atoms with Crippen LogP contribution in [0, 0.1) is 0 Å². The summed E-state index contributed by atoms with van der Waals surface area (Å²) in [6, 6.07) is 9.92. The van der Waals surface area contributed by atoms with Crippen LogP contribution < -0.4 is 15.0 Å². The van der Waals surface area contributed by atoms with Gasteiger partial charge in [-0.05, 0) is 51.3 Å². The molecular weight excluding hydrogens is 236 g/mol. The van der Waals surface area contributed by atoms with Crippen molar-refractivity contribution < 1.29 is 4.74 Å². The zero-order valence-corrected chi connectivity index (χ0v) is 11.8. The first-order valence-electron chi connectivity index (χ1n) is 7.54. The first-order chi connectivity index (χ1) is 9.38. The topological polar surface area (TPSA) is 24.5 Å². The van der Waals surface area contributed by atoms with Crippen LogP contribution in [0.25, 0.3) is 0 Å². The van der Waals surface area contributed by atoms with E-state index in [0.717, 1.165) is 31.4 Å². The van der Waals surface area contributed by atoms with Crippen molar-refractivity contribution in [1.29, 1.82) is 0 Å². The molecule has 2 aliphatic rings. The molecule has 0 amide bonds. The minimum Gasteiger partial charge on any atom is -0.491 e. The van der Waals surface area contributed by atoms with Gasteiger partial charge in [-0.3, -0.25) is 0 Å². The van der Waals surface area contributed by atoms with Gasteiger partial charge in [-0.25, -0.2) is 0 Å². The molecule has 0 spiro atoms. The second-order valence-corrected chi connectivity index (χ2v) is 5.66. The van der Waals surface area contributed by atoms with Gasteiger partial charge in [0.25, 0.3) is 0 Å². The zero-order valence-electron chi connectivity index (χ0n) is 11.8. The van der Waals surface area contributed by atoms with Crippen molar-refractivity contribution in [2.24, 2.45) is 0 Å². The fourth-order valence-corrected chi connectivity index (χ4v) is 3.41. The first-order valence-corrected chi connectivity index (χ1v) is 7.54. The van der Waals surface area contributed by atoms with Crippen LogP contribution in [-0.4, -0.2) is 32.3 Å². The normalized spacial score (nSPS) is 27.3. The lowest BCUT2D eigenvalue weighted by molar-refractivity contribution is 0.319. The Morgan fingerprint density at radius 3 is 2.74 bits per heavy atom. The van der Waals surface area contributed by atoms with Crippen LogP contribution in [0.5, 0.6) is 5.75 Å². The Bertz CT molecular complexity index is 413. The van der Waals surface area contributed by atoms with E-state index >= 15 is 0 Å². The molecule has 0 aromatic heterocycles. The Hall–Kier alpha value is -1.22. The number of nitrogens with one attached hydrogen (secondary N) is 1. The number of hydrogen-bond acceptors (Lipinski definition) is 3. The van der Waals surface area contributed by atoms with Gasteiger partial charge in [0.2, 0.25) is 0 Å². The molecule has 0 saturated heterocycles. The molecule has 1 aromatic carbocycles. The zero-order chi connectivity index (χ0) is 13.1. The van der Waals surface area contributed by atoms with Crippen molar-refractivity contribution in [2.45, 2.75) is 44.2 Å². The van der Waals surface area contributed by atoms with Gasteiger partial charge in [0.1, 0.15) is 5.75 Å². The Morgan fingerprint density at radius 1 is 1.16 bits per heavy atom. The summed E-state index contributed by atoms with van der Waals surface area (Å²) in [6.07, 6.45) is 6.29. The summed E-state index contributed by atoms with van der Waals surface area (Å²) >= 11 is 0. The van der Waals surface area contributed by atoms with E-state index in [1.807, 2.05) is 0 Å². The molecule has 3 rings (SSSR count). The Labute approximate surface area is 115 Å². The van der Waals surface area contributed by atoms with E-state index in [2.05, 4.69) is 41.5 Å². The van der Waals surface area contributed by atoms with Crippen LogP contribution in [0.4, 0.5) is 5.69 Å². The van der Waals surface area contributed by atoms with Crippen LogP contribution in [0.1, 0.15) is 32.1 Å². The van der Waals surface area contributed by atoms with E-state index in [1.165, 1.54) is 31.4 Å². The number of fused-ring (bicyclic) bond motifs is 1. The van der Waals surface area contributed by atoms with Gasteiger partial charge in [0, 0.05) is 18.6 Å². The molecule has 1 aromatic rings. The van der Waals surface area contributed by atoms with E-state index in [9.17, 15) is 0 Å². The summed E-state index contributed by atoms with van der Waals surface area (Å²) in [7, 11) is 2.08. The predicted octanol–water partition coefficient (Wildman–Crippen LogP) is 2.81. The molecule has 0 atom stereocenters. The lowest BCUT2D eigenvalue weighted by atomic mass is 9.90. The average Bonchev–Trinajstić information content (AvgIpc) is 2.70. The van der Waals surface area contributed by atoms with Crippen molar-refractivity contribution >= 4 is 5.69 Å². The van der Waals surface area contributed by atoms with Gasteiger partial charge < -0.3 is 15.0 Å². The second kappa shape index (κ2) is 5.83. The summed E-state index contributed by atoms with van der Waals surface area (Å²) in [4.78, 5) is 2.59. The third-order valence-corrected chi connectivity index (χ3v) is 4.52. The number of anilines is 1. The van der Waals surface area contributed by atoms with Crippen molar-refractivity contribution in [3.63, 3.8) is 0 Å². The molecule has 1 aliphatic carbocycles. The number of benzene rings is 1. The SMILES string of the molecule is CNC1CCC(N2CCCOc3ccccc32)CC1. The van der Waals surface area contributed by atoms with E-state index in [4.69, 9.17) is 4.74 Å². The number of rotatable bonds is 2. The number of para-hydroxylation sites is 2. The van der Waals surface area contributed by atoms with E-state index in [1.54, 1.807) is 0 Å². The summed E-state index contributed by atoms with van der Waals surface area (Å²) < 4.78 is 5.86. The van der Waals surface area contributed by atoms with Gasteiger partial charge >= 0.3 is 0 Å². The van der Waals surface area contributed by atoms with Crippen molar-refractivity contribution in [2.75, 3.05) is 25.1 Å². The maximum atomic E-state index is 5.86. The first kappa shape index (κ1) is 12.8. The highest BCUT2D eigenvalue weighted by atomic mass is 16.5. The van der Waals surface area contributed by atoms with Gasteiger partial charge in [-0.1, -0.05) is 12.1 Å². The Balaban J connectivity index is 1.77. The number of hydrogen-bond donors (Lipinski definition) is 1. The van der Waals surface area contributed by atoms with Gasteiger partial charge in [-0.15, -0.1) is 0 Å². The van der Waals surface area contributed by atoms with Gasteiger partial charge in [0.05, 0.1) is 12.3 Å². The number of nitrogens with zero attached hydrogens (tertiary/aromatic N) is 1. The summed E-state index contributed by atoms with van der Waals surface area (Å²) in [5.74, 6) is 1.07. The van der Waals surface area contributed by atoms with Crippen LogP contribution >= 0.6 is 0 Å². The van der Waals surface area contributed by atoms with Gasteiger partial charge in [0.15, 0.2) is 0 Å². The molecule has 1 fully saturated rings. The molecule has 0 radical (unpaired) electrons. The fraction of sp³-hybridized carbons (Fsp3) is 0.625. The van der Waals surface area contributed by atoms with E-state index < -0.39 is 0 Å². The third-order valence-electron chi connectivity index (χ3n) is 4.52. The highest BCUT2D eigenvalue weighted by Crippen LogP contribution is 2.35. The van der Waals surface area contributed by atoms with Crippen molar-refractivity contribution in [1.82, 2.24) is 5.32 Å². The van der Waals surface area contributed by atoms with Crippen LogP contribution in [0.15, 0.2) is 24.3 Å². The molecule has 0 bridgehead atoms. The average molecular weight is 260 g/mol. The predicted molar refractivity (Wildman–Crippen MR) is 79.0 cm³/mol. The van der Waals surface area contributed by atoms with E-state index in [-0.39, 0.29) is 0 Å².